The van der Waals surface area contributed by atoms with E-state index in [1.54, 1.807) is 30.7 Å². The standard InChI is InChI=1S/C19H16F3N5O3/c20-19(21,22)3-5-30-18-24-8-13(9-25-18)26-17(28)12-1-2-16-14(7-12)15-10-23-11-27(15)4-6-29-16/h1-2,7-11H,3-6H2,(H,26,28). The van der Waals surface area contributed by atoms with Crippen molar-refractivity contribution >= 4 is 11.6 Å². The molecule has 0 atom stereocenters. The second-order valence-corrected chi connectivity index (χ2v) is 6.45. The van der Waals surface area contributed by atoms with Crippen molar-refractivity contribution in [1.82, 2.24) is 19.5 Å². The first-order valence-electron chi connectivity index (χ1n) is 8.99. The van der Waals surface area contributed by atoms with Crippen molar-refractivity contribution < 1.29 is 27.4 Å². The van der Waals surface area contributed by atoms with E-state index >= 15 is 0 Å². The lowest BCUT2D eigenvalue weighted by atomic mass is 10.1. The quantitative estimate of drug-likeness (QED) is 0.682. The summed E-state index contributed by atoms with van der Waals surface area (Å²) < 4.78 is 48.9. The fourth-order valence-corrected chi connectivity index (χ4v) is 2.89. The van der Waals surface area contributed by atoms with Gasteiger partial charge >= 0.3 is 12.2 Å². The minimum Gasteiger partial charge on any atom is -0.491 e. The summed E-state index contributed by atoms with van der Waals surface area (Å²) in [4.78, 5) is 24.4. The second kappa shape index (κ2) is 8.01. The highest BCUT2D eigenvalue weighted by Gasteiger charge is 2.27. The molecule has 0 aliphatic carbocycles. The van der Waals surface area contributed by atoms with E-state index in [-0.39, 0.29) is 11.7 Å². The van der Waals surface area contributed by atoms with Crippen molar-refractivity contribution in [2.45, 2.75) is 19.1 Å². The molecule has 156 valence electrons. The lowest BCUT2D eigenvalue weighted by Crippen LogP contribution is -2.14. The Bertz CT molecular complexity index is 1050. The number of hydrogen-bond acceptors (Lipinski definition) is 6. The summed E-state index contributed by atoms with van der Waals surface area (Å²) in [5.74, 6) is 0.261. The molecule has 2 aromatic heterocycles. The van der Waals surface area contributed by atoms with Crippen LogP contribution in [0, 0.1) is 0 Å². The number of aromatic nitrogens is 4. The van der Waals surface area contributed by atoms with Crippen molar-refractivity contribution in [2.24, 2.45) is 0 Å². The molecule has 30 heavy (non-hydrogen) atoms. The molecule has 3 heterocycles. The highest BCUT2D eigenvalue weighted by Crippen LogP contribution is 2.33. The van der Waals surface area contributed by atoms with Gasteiger partial charge in [-0.3, -0.25) is 4.79 Å². The summed E-state index contributed by atoms with van der Waals surface area (Å²) in [5, 5.41) is 2.64. The number of ether oxygens (including phenoxy) is 2. The van der Waals surface area contributed by atoms with E-state index in [1.165, 1.54) is 12.4 Å². The molecule has 3 aromatic rings. The number of carbonyl (C=O) groups excluding carboxylic acids is 1. The molecule has 8 nitrogen and oxygen atoms in total. The number of nitrogens with zero attached hydrogens (tertiary/aromatic N) is 4. The number of benzene rings is 1. The van der Waals surface area contributed by atoms with Crippen LogP contribution in [0.15, 0.2) is 43.1 Å². The van der Waals surface area contributed by atoms with E-state index < -0.39 is 25.1 Å². The van der Waals surface area contributed by atoms with E-state index in [0.29, 0.717) is 24.5 Å². The highest BCUT2D eigenvalue weighted by molar-refractivity contribution is 6.05. The Morgan fingerprint density at radius 1 is 1.23 bits per heavy atom. The van der Waals surface area contributed by atoms with Gasteiger partial charge in [-0.05, 0) is 18.2 Å². The van der Waals surface area contributed by atoms with E-state index in [4.69, 9.17) is 9.47 Å². The molecule has 0 bridgehead atoms. The van der Waals surface area contributed by atoms with Crippen LogP contribution in [0.1, 0.15) is 16.8 Å². The predicted octanol–water partition coefficient (Wildman–Crippen LogP) is 3.32. The number of hydrogen-bond donors (Lipinski definition) is 1. The minimum atomic E-state index is -4.31. The van der Waals surface area contributed by atoms with Crippen molar-refractivity contribution in [3.05, 3.63) is 48.7 Å². The SMILES string of the molecule is O=C(Nc1cnc(OCCC(F)(F)F)nc1)c1ccc2c(c1)-c1cncn1CCO2. The van der Waals surface area contributed by atoms with Crippen molar-refractivity contribution in [1.29, 1.82) is 0 Å². The van der Waals surface area contributed by atoms with Crippen LogP contribution in [0.25, 0.3) is 11.3 Å². The maximum atomic E-state index is 12.6. The Morgan fingerprint density at radius 3 is 2.80 bits per heavy atom. The highest BCUT2D eigenvalue weighted by atomic mass is 19.4. The van der Waals surface area contributed by atoms with Crippen LogP contribution in [0.5, 0.6) is 11.8 Å². The van der Waals surface area contributed by atoms with Crippen LogP contribution in [-0.4, -0.2) is 44.8 Å². The average molecular weight is 419 g/mol. The van der Waals surface area contributed by atoms with Crippen molar-refractivity contribution in [3.63, 3.8) is 0 Å². The van der Waals surface area contributed by atoms with Gasteiger partial charge in [0.25, 0.3) is 5.91 Å². The summed E-state index contributed by atoms with van der Waals surface area (Å²) in [5.41, 5.74) is 2.26. The fraction of sp³-hybridized carbons (Fsp3) is 0.263. The fourth-order valence-electron chi connectivity index (χ4n) is 2.89. The summed E-state index contributed by atoms with van der Waals surface area (Å²) >= 11 is 0. The molecule has 11 heteroatoms. The number of amides is 1. The first-order chi connectivity index (χ1) is 14.4. The first kappa shape index (κ1) is 19.7. The smallest absolute Gasteiger partial charge is 0.392 e. The maximum Gasteiger partial charge on any atom is 0.392 e. The van der Waals surface area contributed by atoms with Gasteiger partial charge < -0.3 is 19.4 Å². The first-order valence-corrected chi connectivity index (χ1v) is 8.99. The third-order valence-corrected chi connectivity index (χ3v) is 4.32. The van der Waals surface area contributed by atoms with Crippen LogP contribution in [0.4, 0.5) is 18.9 Å². The lowest BCUT2D eigenvalue weighted by molar-refractivity contribution is -0.139. The zero-order valence-corrected chi connectivity index (χ0v) is 15.5. The van der Waals surface area contributed by atoms with Gasteiger partial charge in [0.05, 0.1) is 49.3 Å². The van der Waals surface area contributed by atoms with Gasteiger partial charge in [-0.25, -0.2) is 15.0 Å². The third kappa shape index (κ3) is 4.50. The molecule has 1 aliphatic rings. The molecule has 1 aliphatic heterocycles. The van der Waals surface area contributed by atoms with E-state index in [9.17, 15) is 18.0 Å². The molecule has 0 unspecified atom stereocenters. The molecular formula is C19H16F3N5O3. The largest absolute Gasteiger partial charge is 0.491 e. The molecule has 0 spiro atoms. The van der Waals surface area contributed by atoms with Crippen molar-refractivity contribution in [2.75, 3.05) is 18.5 Å². The van der Waals surface area contributed by atoms with Crippen LogP contribution < -0.4 is 14.8 Å². The number of alkyl halides is 3. The number of carbonyl (C=O) groups is 1. The number of imidazole rings is 1. The summed E-state index contributed by atoms with van der Waals surface area (Å²) in [6.45, 7) is 0.569. The number of nitrogens with one attached hydrogen (secondary N) is 1. The number of anilines is 1. The molecule has 0 radical (unpaired) electrons. The Balaban J connectivity index is 1.44. The lowest BCUT2D eigenvalue weighted by Gasteiger charge is -2.10. The van der Waals surface area contributed by atoms with E-state index in [2.05, 4.69) is 20.3 Å². The summed E-state index contributed by atoms with van der Waals surface area (Å²) in [7, 11) is 0. The zero-order chi connectivity index (χ0) is 21.1. The molecule has 0 saturated heterocycles. The van der Waals surface area contributed by atoms with E-state index in [1.807, 2.05) is 4.57 Å². The van der Waals surface area contributed by atoms with Crippen LogP contribution >= 0.6 is 0 Å². The summed E-state index contributed by atoms with van der Waals surface area (Å²) in [6.07, 6.45) is 0.516. The molecule has 1 aromatic carbocycles. The van der Waals surface area contributed by atoms with Gasteiger partial charge in [0, 0.05) is 11.1 Å². The van der Waals surface area contributed by atoms with Gasteiger partial charge in [0.2, 0.25) is 0 Å². The third-order valence-electron chi connectivity index (χ3n) is 4.32. The topological polar surface area (TPSA) is 91.2 Å². The normalized spacial score (nSPS) is 12.9. The molecule has 4 rings (SSSR count). The predicted molar refractivity (Wildman–Crippen MR) is 99.3 cm³/mol. The Hall–Kier alpha value is -3.63. The van der Waals surface area contributed by atoms with Gasteiger partial charge in [-0.15, -0.1) is 0 Å². The molecular weight excluding hydrogens is 403 g/mol. The monoisotopic (exact) mass is 419 g/mol. The number of rotatable bonds is 5. The molecule has 1 amide bonds. The second-order valence-electron chi connectivity index (χ2n) is 6.45. The maximum absolute atomic E-state index is 12.6. The van der Waals surface area contributed by atoms with Gasteiger partial charge in [-0.1, -0.05) is 0 Å². The van der Waals surface area contributed by atoms with Crippen molar-refractivity contribution in [3.8, 4) is 23.0 Å². The minimum absolute atomic E-state index is 0.201. The molecule has 0 fully saturated rings. The van der Waals surface area contributed by atoms with Crippen LogP contribution in [0.2, 0.25) is 0 Å². The molecule has 1 N–H and O–H groups in total. The Kier molecular flexibility index (Phi) is 5.25. The van der Waals surface area contributed by atoms with Crippen LogP contribution in [0.3, 0.4) is 0 Å². The number of fused-ring (bicyclic) bond motifs is 3. The van der Waals surface area contributed by atoms with Gasteiger partial charge in [0.15, 0.2) is 0 Å². The number of halogens is 3. The Morgan fingerprint density at radius 2 is 2.03 bits per heavy atom. The average Bonchev–Trinajstić information content (AvgIpc) is 3.10. The van der Waals surface area contributed by atoms with E-state index in [0.717, 1.165) is 11.3 Å². The molecule has 0 saturated carbocycles. The van der Waals surface area contributed by atoms with Gasteiger partial charge in [0.1, 0.15) is 19.0 Å². The van der Waals surface area contributed by atoms with Crippen LogP contribution in [-0.2, 0) is 6.54 Å². The zero-order valence-electron chi connectivity index (χ0n) is 15.5. The van der Waals surface area contributed by atoms with Gasteiger partial charge in [-0.2, -0.15) is 13.2 Å². The Labute approximate surface area is 168 Å². The summed E-state index contributed by atoms with van der Waals surface area (Å²) in [6, 6.07) is 4.86.